The van der Waals surface area contributed by atoms with Crippen molar-refractivity contribution in [3.63, 3.8) is 0 Å². The molecule has 1 atom stereocenters. The molecule has 0 heterocycles. The van der Waals surface area contributed by atoms with Gasteiger partial charge in [-0.25, -0.2) is 0 Å². The third-order valence-electron chi connectivity index (χ3n) is 3.19. The monoisotopic (exact) mass is 216 g/mol. The Morgan fingerprint density at radius 2 is 1.75 bits per heavy atom. The summed E-state index contributed by atoms with van der Waals surface area (Å²) in [7, 11) is 0. The molecule has 0 aliphatic carbocycles. The van der Waals surface area contributed by atoms with Crippen molar-refractivity contribution in [3.05, 3.63) is 47.5 Å². The molecule has 16 heavy (non-hydrogen) atoms. The van der Waals surface area contributed by atoms with Crippen molar-refractivity contribution in [2.45, 2.75) is 46.5 Å². The molecule has 0 aromatic heterocycles. The topological polar surface area (TPSA) is 0 Å². The molecule has 0 aliphatic rings. The first-order valence-corrected chi connectivity index (χ1v) is 6.15. The van der Waals surface area contributed by atoms with Crippen molar-refractivity contribution in [3.8, 4) is 0 Å². The molecule has 0 saturated heterocycles. The highest BCUT2D eigenvalue weighted by Crippen LogP contribution is 2.31. The minimum Gasteiger partial charge on any atom is -0.0914 e. The first-order valence-electron chi connectivity index (χ1n) is 6.15. The van der Waals surface area contributed by atoms with Gasteiger partial charge in [0.25, 0.3) is 0 Å². The van der Waals surface area contributed by atoms with E-state index in [0.29, 0.717) is 5.92 Å². The lowest BCUT2D eigenvalue weighted by Crippen LogP contribution is -2.19. The highest BCUT2D eigenvalue weighted by molar-refractivity contribution is 5.27. The fourth-order valence-corrected chi connectivity index (χ4v) is 2.32. The summed E-state index contributed by atoms with van der Waals surface area (Å²) in [5.41, 5.74) is 3.03. The van der Waals surface area contributed by atoms with E-state index in [1.165, 1.54) is 17.5 Å². The molecule has 1 rings (SSSR count). The Morgan fingerprint density at radius 3 is 2.25 bits per heavy atom. The van der Waals surface area contributed by atoms with Crippen LogP contribution in [-0.4, -0.2) is 0 Å². The summed E-state index contributed by atoms with van der Waals surface area (Å²) in [4.78, 5) is 0. The number of rotatable bonds is 4. The average Bonchev–Trinajstić information content (AvgIpc) is 2.17. The van der Waals surface area contributed by atoms with Crippen molar-refractivity contribution in [2.75, 3.05) is 0 Å². The van der Waals surface area contributed by atoms with Gasteiger partial charge >= 0.3 is 0 Å². The number of allylic oxidation sites excluding steroid dienone is 2. The van der Waals surface area contributed by atoms with E-state index in [0.717, 1.165) is 0 Å². The molecule has 0 fully saturated rings. The lowest BCUT2D eigenvalue weighted by molar-refractivity contribution is 0.423. The Bertz CT molecular complexity index is 341. The summed E-state index contributed by atoms with van der Waals surface area (Å²) in [5, 5.41) is 0. The maximum Gasteiger partial charge on any atom is -0.00981 e. The van der Waals surface area contributed by atoms with E-state index < -0.39 is 0 Å². The minimum atomic E-state index is 0.257. The third kappa shape index (κ3) is 3.52. The summed E-state index contributed by atoms with van der Waals surface area (Å²) in [5.74, 6) is 0.640. The molecule has 1 aromatic rings. The van der Waals surface area contributed by atoms with E-state index in [-0.39, 0.29) is 5.41 Å². The highest BCUT2D eigenvalue weighted by atomic mass is 14.3. The molecule has 0 amide bonds. The molecule has 0 radical (unpaired) electrons. The Hall–Kier alpha value is -1.04. The zero-order valence-corrected chi connectivity index (χ0v) is 11.2. The molecular weight excluding hydrogens is 192 g/mol. The van der Waals surface area contributed by atoms with Gasteiger partial charge in [-0.3, -0.25) is 0 Å². The van der Waals surface area contributed by atoms with Crippen LogP contribution in [0, 0.1) is 12.8 Å². The molecule has 0 heteroatoms. The SMILES string of the molecule is CC=CC(C)CC(C)(C)c1ccc(C)cc1. The van der Waals surface area contributed by atoms with Crippen LogP contribution in [0.4, 0.5) is 0 Å². The second-order valence-corrected chi connectivity index (χ2v) is 5.46. The van der Waals surface area contributed by atoms with Crippen molar-refractivity contribution in [2.24, 2.45) is 5.92 Å². The first-order chi connectivity index (χ1) is 7.45. The first kappa shape index (κ1) is 13.0. The van der Waals surface area contributed by atoms with Crippen LogP contribution in [0.1, 0.15) is 45.2 Å². The quantitative estimate of drug-likeness (QED) is 0.630. The van der Waals surface area contributed by atoms with E-state index in [1.807, 2.05) is 0 Å². The van der Waals surface area contributed by atoms with Gasteiger partial charge in [0, 0.05) is 0 Å². The van der Waals surface area contributed by atoms with Crippen LogP contribution in [0.2, 0.25) is 0 Å². The fraction of sp³-hybridized carbons (Fsp3) is 0.500. The summed E-state index contributed by atoms with van der Waals surface area (Å²) in [6, 6.07) is 8.93. The second kappa shape index (κ2) is 5.34. The zero-order valence-electron chi connectivity index (χ0n) is 11.2. The van der Waals surface area contributed by atoms with Gasteiger partial charge in [0.1, 0.15) is 0 Å². The van der Waals surface area contributed by atoms with Crippen LogP contribution >= 0.6 is 0 Å². The molecule has 1 aromatic carbocycles. The lowest BCUT2D eigenvalue weighted by Gasteiger charge is -2.27. The fourth-order valence-electron chi connectivity index (χ4n) is 2.32. The normalized spacial score (nSPS) is 14.3. The van der Waals surface area contributed by atoms with Crippen molar-refractivity contribution in [1.29, 1.82) is 0 Å². The number of hydrogen-bond acceptors (Lipinski definition) is 0. The summed E-state index contributed by atoms with van der Waals surface area (Å²) in [6.45, 7) is 11.2. The molecule has 0 bridgehead atoms. The van der Waals surface area contributed by atoms with Crippen LogP contribution in [0.25, 0.3) is 0 Å². The number of hydrogen-bond donors (Lipinski definition) is 0. The predicted octanol–water partition coefficient (Wildman–Crippen LogP) is 4.87. The van der Waals surface area contributed by atoms with Crippen LogP contribution in [-0.2, 0) is 5.41 Å². The van der Waals surface area contributed by atoms with Gasteiger partial charge in [0.05, 0.1) is 0 Å². The van der Waals surface area contributed by atoms with Crippen LogP contribution in [0.15, 0.2) is 36.4 Å². The standard InChI is InChI=1S/C16H24/c1-6-7-14(3)12-16(4,5)15-10-8-13(2)9-11-15/h6-11,14H,12H2,1-5H3. The number of benzene rings is 1. The van der Waals surface area contributed by atoms with Gasteiger partial charge in [0.15, 0.2) is 0 Å². The average molecular weight is 216 g/mol. The van der Waals surface area contributed by atoms with Gasteiger partial charge in [-0.2, -0.15) is 0 Å². The smallest absolute Gasteiger partial charge is 0.00981 e. The predicted molar refractivity (Wildman–Crippen MR) is 72.8 cm³/mol. The molecule has 0 N–H and O–H groups in total. The molecule has 0 aliphatic heterocycles. The maximum absolute atomic E-state index is 2.33. The molecule has 88 valence electrons. The van der Waals surface area contributed by atoms with Crippen LogP contribution in [0.5, 0.6) is 0 Å². The number of aryl methyl sites for hydroxylation is 1. The van der Waals surface area contributed by atoms with Crippen molar-refractivity contribution >= 4 is 0 Å². The van der Waals surface area contributed by atoms with Crippen molar-refractivity contribution < 1.29 is 0 Å². The van der Waals surface area contributed by atoms with E-state index >= 15 is 0 Å². The van der Waals surface area contributed by atoms with E-state index in [2.05, 4.69) is 71.0 Å². The van der Waals surface area contributed by atoms with Gasteiger partial charge in [-0.05, 0) is 37.2 Å². The molecule has 0 nitrogen and oxygen atoms in total. The lowest BCUT2D eigenvalue weighted by atomic mass is 9.77. The highest BCUT2D eigenvalue weighted by Gasteiger charge is 2.22. The Kier molecular flexibility index (Phi) is 4.35. The van der Waals surface area contributed by atoms with Gasteiger partial charge in [0.2, 0.25) is 0 Å². The van der Waals surface area contributed by atoms with E-state index in [9.17, 15) is 0 Å². The maximum atomic E-state index is 2.33. The van der Waals surface area contributed by atoms with E-state index in [4.69, 9.17) is 0 Å². The molecule has 1 unspecified atom stereocenters. The Balaban J connectivity index is 2.80. The molecule has 0 saturated carbocycles. The third-order valence-corrected chi connectivity index (χ3v) is 3.19. The van der Waals surface area contributed by atoms with Crippen molar-refractivity contribution in [1.82, 2.24) is 0 Å². The van der Waals surface area contributed by atoms with E-state index in [1.54, 1.807) is 0 Å². The molecule has 0 spiro atoms. The van der Waals surface area contributed by atoms with Crippen LogP contribution in [0.3, 0.4) is 0 Å². The Labute approximate surface area is 100 Å². The van der Waals surface area contributed by atoms with Gasteiger partial charge < -0.3 is 0 Å². The second-order valence-electron chi connectivity index (χ2n) is 5.46. The summed E-state index contributed by atoms with van der Waals surface area (Å²) >= 11 is 0. The Morgan fingerprint density at radius 1 is 1.19 bits per heavy atom. The summed E-state index contributed by atoms with van der Waals surface area (Å²) < 4.78 is 0. The minimum absolute atomic E-state index is 0.257. The van der Waals surface area contributed by atoms with Gasteiger partial charge in [-0.1, -0.05) is 62.8 Å². The summed E-state index contributed by atoms with van der Waals surface area (Å²) in [6.07, 6.45) is 5.63. The van der Waals surface area contributed by atoms with Gasteiger partial charge in [-0.15, -0.1) is 0 Å². The largest absolute Gasteiger partial charge is 0.0914 e. The van der Waals surface area contributed by atoms with Crippen LogP contribution < -0.4 is 0 Å². The molecular formula is C16H24. The zero-order chi connectivity index (χ0) is 12.2.